The van der Waals surface area contributed by atoms with E-state index in [1.807, 2.05) is 0 Å². The van der Waals surface area contributed by atoms with E-state index in [0.29, 0.717) is 4.47 Å². The molecule has 82 valence electrons. The van der Waals surface area contributed by atoms with Crippen LogP contribution in [0.4, 0.5) is 4.39 Å². The van der Waals surface area contributed by atoms with Crippen LogP contribution in [0.25, 0.3) is 0 Å². The largest absolute Gasteiger partial charge is 0.481 e. The molecule has 2 N–H and O–H groups in total. The van der Waals surface area contributed by atoms with Gasteiger partial charge in [-0.2, -0.15) is 0 Å². The molecule has 5 heteroatoms. The van der Waals surface area contributed by atoms with Gasteiger partial charge in [0.15, 0.2) is 0 Å². The van der Waals surface area contributed by atoms with Crippen molar-refractivity contribution in [1.82, 2.24) is 0 Å². The third-order valence-electron chi connectivity index (χ3n) is 2.00. The number of carboxylic acid groups (broad SMARTS) is 1. The van der Waals surface area contributed by atoms with Crippen LogP contribution >= 0.6 is 15.9 Å². The quantitative estimate of drug-likeness (QED) is 0.891. The van der Waals surface area contributed by atoms with E-state index in [2.05, 4.69) is 15.9 Å². The molecular formula is C10H10BrFO3. The van der Waals surface area contributed by atoms with E-state index in [0.717, 1.165) is 0 Å². The zero-order valence-corrected chi connectivity index (χ0v) is 9.58. The average molecular weight is 277 g/mol. The lowest BCUT2D eigenvalue weighted by molar-refractivity contribution is -0.142. The van der Waals surface area contributed by atoms with Crippen LogP contribution < -0.4 is 0 Å². The minimum atomic E-state index is -1.71. The van der Waals surface area contributed by atoms with E-state index in [1.165, 1.54) is 25.1 Å². The van der Waals surface area contributed by atoms with Gasteiger partial charge in [0.05, 0.1) is 6.42 Å². The Kier molecular flexibility index (Phi) is 3.46. The summed E-state index contributed by atoms with van der Waals surface area (Å²) in [6, 6.07) is 4.03. The predicted octanol–water partition coefficient (Wildman–Crippen LogP) is 2.27. The summed E-state index contributed by atoms with van der Waals surface area (Å²) in [4.78, 5) is 10.5. The van der Waals surface area contributed by atoms with Crippen molar-refractivity contribution in [2.24, 2.45) is 0 Å². The Morgan fingerprint density at radius 2 is 2.20 bits per heavy atom. The second-order valence-electron chi connectivity index (χ2n) is 3.47. The molecule has 0 aliphatic heterocycles. The monoisotopic (exact) mass is 276 g/mol. The van der Waals surface area contributed by atoms with Crippen molar-refractivity contribution in [2.45, 2.75) is 18.9 Å². The van der Waals surface area contributed by atoms with Crippen LogP contribution in [0.5, 0.6) is 0 Å². The molecule has 1 unspecified atom stereocenters. The van der Waals surface area contributed by atoms with Crippen LogP contribution in [0.3, 0.4) is 0 Å². The van der Waals surface area contributed by atoms with Crippen LogP contribution in [-0.2, 0) is 10.4 Å². The fourth-order valence-corrected chi connectivity index (χ4v) is 1.66. The summed E-state index contributed by atoms with van der Waals surface area (Å²) >= 11 is 3.13. The van der Waals surface area contributed by atoms with E-state index < -0.39 is 23.8 Å². The van der Waals surface area contributed by atoms with Gasteiger partial charge >= 0.3 is 5.97 Å². The molecule has 0 saturated heterocycles. The van der Waals surface area contributed by atoms with E-state index >= 15 is 0 Å². The summed E-state index contributed by atoms with van der Waals surface area (Å²) in [6.07, 6.45) is -0.541. The molecule has 3 nitrogen and oxygen atoms in total. The lowest BCUT2D eigenvalue weighted by atomic mass is 9.92. The number of hydrogen-bond donors (Lipinski definition) is 2. The van der Waals surface area contributed by atoms with Gasteiger partial charge in [0.2, 0.25) is 0 Å². The van der Waals surface area contributed by atoms with Gasteiger partial charge in [-0.25, -0.2) is 4.39 Å². The molecule has 0 fully saturated rings. The van der Waals surface area contributed by atoms with Crippen molar-refractivity contribution >= 4 is 21.9 Å². The minimum absolute atomic E-state index is 0.0284. The molecule has 0 saturated carbocycles. The topological polar surface area (TPSA) is 57.5 Å². The summed E-state index contributed by atoms with van der Waals surface area (Å²) in [5.41, 5.74) is -1.74. The van der Waals surface area contributed by atoms with Gasteiger partial charge in [-0.05, 0) is 25.1 Å². The Bertz CT molecular complexity index is 390. The molecule has 0 aliphatic rings. The van der Waals surface area contributed by atoms with Gasteiger partial charge in [-0.15, -0.1) is 0 Å². The number of carbonyl (C=O) groups is 1. The normalized spacial score (nSPS) is 14.7. The molecule has 0 aromatic heterocycles. The van der Waals surface area contributed by atoms with Crippen molar-refractivity contribution in [3.05, 3.63) is 34.1 Å². The first-order chi connectivity index (χ1) is 6.83. The maximum absolute atomic E-state index is 13.3. The minimum Gasteiger partial charge on any atom is -0.481 e. The third-order valence-corrected chi connectivity index (χ3v) is 2.50. The Hall–Kier alpha value is -0.940. The number of benzene rings is 1. The van der Waals surface area contributed by atoms with Crippen LogP contribution in [0.15, 0.2) is 22.7 Å². The molecule has 1 atom stereocenters. The SMILES string of the molecule is CC(O)(CC(=O)O)c1cc(Br)ccc1F. The Balaban J connectivity index is 3.13. The Labute approximate surface area is 94.7 Å². The molecular weight excluding hydrogens is 267 g/mol. The van der Waals surface area contributed by atoms with E-state index in [1.54, 1.807) is 0 Å². The summed E-state index contributed by atoms with van der Waals surface area (Å²) in [5.74, 6) is -1.80. The highest BCUT2D eigenvalue weighted by molar-refractivity contribution is 9.10. The molecule has 0 aliphatic carbocycles. The molecule has 15 heavy (non-hydrogen) atoms. The molecule has 1 rings (SSSR count). The average Bonchev–Trinajstić information content (AvgIpc) is 2.06. The first-order valence-electron chi connectivity index (χ1n) is 4.22. The Morgan fingerprint density at radius 1 is 1.60 bits per heavy atom. The smallest absolute Gasteiger partial charge is 0.306 e. The van der Waals surface area contributed by atoms with E-state index in [-0.39, 0.29) is 5.56 Å². The van der Waals surface area contributed by atoms with E-state index in [4.69, 9.17) is 5.11 Å². The van der Waals surface area contributed by atoms with Gasteiger partial charge in [0.25, 0.3) is 0 Å². The predicted molar refractivity (Wildman–Crippen MR) is 55.9 cm³/mol. The molecule has 0 radical (unpaired) electrons. The molecule has 0 amide bonds. The first kappa shape index (κ1) is 12.1. The van der Waals surface area contributed by atoms with Crippen LogP contribution in [-0.4, -0.2) is 16.2 Å². The number of hydrogen-bond acceptors (Lipinski definition) is 2. The number of halogens is 2. The Morgan fingerprint density at radius 3 is 2.73 bits per heavy atom. The maximum atomic E-state index is 13.3. The fraction of sp³-hybridized carbons (Fsp3) is 0.300. The number of carboxylic acids is 1. The van der Waals surface area contributed by atoms with Crippen molar-refractivity contribution in [2.75, 3.05) is 0 Å². The van der Waals surface area contributed by atoms with Crippen molar-refractivity contribution < 1.29 is 19.4 Å². The van der Waals surface area contributed by atoms with Crippen molar-refractivity contribution in [3.63, 3.8) is 0 Å². The fourth-order valence-electron chi connectivity index (χ4n) is 1.30. The van der Waals surface area contributed by atoms with Crippen molar-refractivity contribution in [1.29, 1.82) is 0 Å². The van der Waals surface area contributed by atoms with E-state index in [9.17, 15) is 14.3 Å². The standard InChI is InChI=1S/C10H10BrFO3/c1-10(15,5-9(13)14)7-4-6(11)2-3-8(7)12/h2-4,15H,5H2,1H3,(H,13,14). The van der Waals surface area contributed by atoms with Crippen LogP contribution in [0.2, 0.25) is 0 Å². The zero-order valence-electron chi connectivity index (χ0n) is 8.00. The number of aliphatic hydroxyl groups is 1. The maximum Gasteiger partial charge on any atom is 0.306 e. The third kappa shape index (κ3) is 3.00. The summed E-state index contributed by atoms with van der Waals surface area (Å²) in [7, 11) is 0. The lowest BCUT2D eigenvalue weighted by Crippen LogP contribution is -2.26. The van der Waals surface area contributed by atoms with Gasteiger partial charge in [0, 0.05) is 10.0 Å². The van der Waals surface area contributed by atoms with Gasteiger partial charge < -0.3 is 10.2 Å². The van der Waals surface area contributed by atoms with Crippen LogP contribution in [0, 0.1) is 5.82 Å². The summed E-state index contributed by atoms with van der Waals surface area (Å²) in [5, 5.41) is 18.4. The highest BCUT2D eigenvalue weighted by Gasteiger charge is 2.29. The van der Waals surface area contributed by atoms with Crippen LogP contribution in [0.1, 0.15) is 18.9 Å². The second kappa shape index (κ2) is 4.28. The van der Waals surface area contributed by atoms with Crippen molar-refractivity contribution in [3.8, 4) is 0 Å². The number of aliphatic carboxylic acids is 1. The molecule has 0 bridgehead atoms. The molecule has 1 aromatic rings. The second-order valence-corrected chi connectivity index (χ2v) is 4.38. The summed E-state index contributed by atoms with van der Waals surface area (Å²) < 4.78 is 13.9. The van der Waals surface area contributed by atoms with Gasteiger partial charge in [-0.3, -0.25) is 4.79 Å². The summed E-state index contributed by atoms with van der Waals surface area (Å²) in [6.45, 7) is 1.27. The van der Waals surface area contributed by atoms with Gasteiger partial charge in [0.1, 0.15) is 11.4 Å². The molecule has 1 aromatic carbocycles. The highest BCUT2D eigenvalue weighted by Crippen LogP contribution is 2.29. The molecule has 0 spiro atoms. The first-order valence-corrected chi connectivity index (χ1v) is 5.02. The van der Waals surface area contributed by atoms with Gasteiger partial charge in [-0.1, -0.05) is 15.9 Å². The number of rotatable bonds is 3. The molecule has 0 heterocycles. The lowest BCUT2D eigenvalue weighted by Gasteiger charge is -2.22. The highest BCUT2D eigenvalue weighted by atomic mass is 79.9. The zero-order chi connectivity index (χ0) is 11.6.